The Labute approximate surface area is 130 Å². The molecule has 0 unspecified atom stereocenters. The highest BCUT2D eigenvalue weighted by Crippen LogP contribution is 2.37. The molecule has 3 heteroatoms. The molecule has 1 aromatic rings. The molecule has 1 fully saturated rings. The molecule has 0 aromatic carbocycles. The van der Waals surface area contributed by atoms with E-state index >= 15 is 0 Å². The Morgan fingerprint density at radius 3 is 2.62 bits per heavy atom. The highest BCUT2D eigenvalue weighted by Gasteiger charge is 2.35. The Hall–Kier alpha value is -0.800. The number of nitrogens with zero attached hydrogens (tertiary/aromatic N) is 1. The van der Waals surface area contributed by atoms with Crippen LogP contribution >= 0.6 is 0 Å². The van der Waals surface area contributed by atoms with Crippen molar-refractivity contribution in [2.75, 3.05) is 13.1 Å². The van der Waals surface area contributed by atoms with Gasteiger partial charge in [0.05, 0.1) is 6.54 Å². The van der Waals surface area contributed by atoms with Crippen molar-refractivity contribution in [1.29, 1.82) is 0 Å². The van der Waals surface area contributed by atoms with Gasteiger partial charge in [0.15, 0.2) is 0 Å². The number of aryl methyl sites for hydroxylation is 1. The van der Waals surface area contributed by atoms with E-state index < -0.39 is 0 Å². The molecule has 1 saturated heterocycles. The molecule has 0 bridgehead atoms. The van der Waals surface area contributed by atoms with E-state index in [0.717, 1.165) is 24.6 Å². The maximum atomic E-state index is 5.96. The number of rotatable bonds is 7. The first-order valence-electron chi connectivity index (χ1n) is 8.52. The second kappa shape index (κ2) is 6.97. The predicted octanol–water partition coefficient (Wildman–Crippen LogP) is 4.10. The first-order chi connectivity index (χ1) is 9.98. The van der Waals surface area contributed by atoms with Crippen molar-refractivity contribution in [3.8, 4) is 0 Å². The van der Waals surface area contributed by atoms with Gasteiger partial charge in [-0.05, 0) is 44.2 Å². The summed E-state index contributed by atoms with van der Waals surface area (Å²) in [7, 11) is 0. The molecule has 1 aromatic heterocycles. The third kappa shape index (κ3) is 4.10. The molecular formula is C18H32N2O. The van der Waals surface area contributed by atoms with Crippen LogP contribution in [0.25, 0.3) is 0 Å². The zero-order chi connectivity index (χ0) is 15.5. The van der Waals surface area contributed by atoms with Gasteiger partial charge >= 0.3 is 0 Å². The average molecular weight is 292 g/mol. The molecule has 2 rings (SSSR count). The standard InChI is InChI=1S/C18H32N2O/c1-6-18(7-2)8-9-20(13-18)12-17-10-16(15(5)21-17)11-19-14(3)4/h10,14,19H,6-9,11-13H2,1-5H3. The Balaban J connectivity index is 1.93. The molecule has 21 heavy (non-hydrogen) atoms. The van der Waals surface area contributed by atoms with Gasteiger partial charge in [-0.25, -0.2) is 0 Å². The van der Waals surface area contributed by atoms with Crippen LogP contribution in [-0.2, 0) is 13.1 Å². The topological polar surface area (TPSA) is 28.4 Å². The summed E-state index contributed by atoms with van der Waals surface area (Å²) in [6, 6.07) is 2.75. The van der Waals surface area contributed by atoms with Gasteiger partial charge in [0.2, 0.25) is 0 Å². The fourth-order valence-corrected chi connectivity index (χ4v) is 3.37. The lowest BCUT2D eigenvalue weighted by molar-refractivity contribution is 0.225. The summed E-state index contributed by atoms with van der Waals surface area (Å²) < 4.78 is 5.96. The minimum atomic E-state index is 0.510. The van der Waals surface area contributed by atoms with Crippen LogP contribution in [0.4, 0.5) is 0 Å². The smallest absolute Gasteiger partial charge is 0.118 e. The summed E-state index contributed by atoms with van der Waals surface area (Å²) >= 11 is 0. The zero-order valence-corrected chi connectivity index (χ0v) is 14.5. The highest BCUT2D eigenvalue weighted by molar-refractivity contribution is 5.21. The first kappa shape index (κ1) is 16.6. The van der Waals surface area contributed by atoms with Crippen LogP contribution < -0.4 is 5.32 Å². The summed E-state index contributed by atoms with van der Waals surface area (Å²) in [5, 5.41) is 3.47. The number of furan rings is 1. The SMILES string of the molecule is CCC1(CC)CCN(Cc2cc(CNC(C)C)c(C)o2)C1. The number of hydrogen-bond donors (Lipinski definition) is 1. The first-order valence-corrected chi connectivity index (χ1v) is 8.52. The number of nitrogens with one attached hydrogen (secondary N) is 1. The predicted molar refractivity (Wildman–Crippen MR) is 88.3 cm³/mol. The summed E-state index contributed by atoms with van der Waals surface area (Å²) in [6.07, 6.45) is 3.92. The van der Waals surface area contributed by atoms with Crippen molar-refractivity contribution in [1.82, 2.24) is 10.2 Å². The molecule has 0 atom stereocenters. The average Bonchev–Trinajstić information content (AvgIpc) is 3.01. The molecule has 3 nitrogen and oxygen atoms in total. The van der Waals surface area contributed by atoms with Crippen molar-refractivity contribution >= 4 is 0 Å². The fraction of sp³-hybridized carbons (Fsp3) is 0.778. The highest BCUT2D eigenvalue weighted by atomic mass is 16.3. The van der Waals surface area contributed by atoms with Crippen LogP contribution in [0.2, 0.25) is 0 Å². The molecule has 120 valence electrons. The van der Waals surface area contributed by atoms with Crippen LogP contribution in [0.5, 0.6) is 0 Å². The quantitative estimate of drug-likeness (QED) is 0.820. The molecule has 0 radical (unpaired) electrons. The molecular weight excluding hydrogens is 260 g/mol. The van der Waals surface area contributed by atoms with Crippen LogP contribution in [0.3, 0.4) is 0 Å². The van der Waals surface area contributed by atoms with E-state index in [1.165, 1.54) is 37.9 Å². The largest absolute Gasteiger partial charge is 0.465 e. The lowest BCUT2D eigenvalue weighted by Crippen LogP contribution is -2.25. The van der Waals surface area contributed by atoms with Crippen molar-refractivity contribution in [3.63, 3.8) is 0 Å². The summed E-state index contributed by atoms with van der Waals surface area (Å²) in [5.41, 5.74) is 1.85. The van der Waals surface area contributed by atoms with E-state index in [-0.39, 0.29) is 0 Å². The van der Waals surface area contributed by atoms with Crippen molar-refractivity contribution in [2.24, 2.45) is 5.41 Å². The maximum Gasteiger partial charge on any atom is 0.118 e. The van der Waals surface area contributed by atoms with E-state index in [4.69, 9.17) is 4.42 Å². The second-order valence-corrected chi connectivity index (χ2v) is 7.00. The number of likely N-dealkylation sites (tertiary alicyclic amines) is 1. The third-order valence-electron chi connectivity index (χ3n) is 5.17. The van der Waals surface area contributed by atoms with Gasteiger partial charge in [0.1, 0.15) is 11.5 Å². The summed E-state index contributed by atoms with van der Waals surface area (Å²) in [6.45, 7) is 15.4. The zero-order valence-electron chi connectivity index (χ0n) is 14.5. The Kier molecular flexibility index (Phi) is 5.50. The van der Waals surface area contributed by atoms with E-state index in [0.29, 0.717) is 11.5 Å². The Morgan fingerprint density at radius 2 is 2.05 bits per heavy atom. The summed E-state index contributed by atoms with van der Waals surface area (Å²) in [4.78, 5) is 2.56. The molecule has 0 amide bonds. The normalized spacial score (nSPS) is 18.8. The lowest BCUT2D eigenvalue weighted by Gasteiger charge is -2.26. The maximum absolute atomic E-state index is 5.96. The molecule has 0 aliphatic carbocycles. The number of hydrogen-bond acceptors (Lipinski definition) is 3. The molecule has 0 saturated carbocycles. The third-order valence-corrected chi connectivity index (χ3v) is 5.17. The van der Waals surface area contributed by atoms with Crippen LogP contribution in [0.15, 0.2) is 10.5 Å². The Bertz CT molecular complexity index is 446. The van der Waals surface area contributed by atoms with E-state index in [9.17, 15) is 0 Å². The Morgan fingerprint density at radius 1 is 1.33 bits per heavy atom. The van der Waals surface area contributed by atoms with Gasteiger partial charge in [0, 0.05) is 24.7 Å². The van der Waals surface area contributed by atoms with Gasteiger partial charge in [-0.1, -0.05) is 27.7 Å². The van der Waals surface area contributed by atoms with Crippen LogP contribution in [0.1, 0.15) is 64.0 Å². The minimum Gasteiger partial charge on any atom is -0.465 e. The van der Waals surface area contributed by atoms with Gasteiger partial charge in [0.25, 0.3) is 0 Å². The molecule has 2 heterocycles. The van der Waals surface area contributed by atoms with Gasteiger partial charge < -0.3 is 9.73 Å². The second-order valence-electron chi connectivity index (χ2n) is 7.00. The molecule has 1 aliphatic heterocycles. The van der Waals surface area contributed by atoms with Crippen LogP contribution in [-0.4, -0.2) is 24.0 Å². The van der Waals surface area contributed by atoms with Crippen molar-refractivity contribution in [3.05, 3.63) is 23.2 Å². The monoisotopic (exact) mass is 292 g/mol. The van der Waals surface area contributed by atoms with Crippen LogP contribution in [0, 0.1) is 12.3 Å². The lowest BCUT2D eigenvalue weighted by atomic mass is 9.82. The summed E-state index contributed by atoms with van der Waals surface area (Å²) in [5.74, 6) is 2.19. The minimum absolute atomic E-state index is 0.510. The van der Waals surface area contributed by atoms with E-state index in [2.05, 4.69) is 50.9 Å². The fourth-order valence-electron chi connectivity index (χ4n) is 3.37. The van der Waals surface area contributed by atoms with E-state index in [1.54, 1.807) is 0 Å². The molecule has 0 spiro atoms. The molecule has 1 N–H and O–H groups in total. The van der Waals surface area contributed by atoms with Gasteiger partial charge in [-0.2, -0.15) is 0 Å². The molecule has 1 aliphatic rings. The van der Waals surface area contributed by atoms with Gasteiger partial charge in [-0.15, -0.1) is 0 Å². The van der Waals surface area contributed by atoms with Gasteiger partial charge in [-0.3, -0.25) is 4.90 Å². The van der Waals surface area contributed by atoms with Crippen molar-refractivity contribution < 1.29 is 4.42 Å². The van der Waals surface area contributed by atoms with E-state index in [1.807, 2.05) is 0 Å². The van der Waals surface area contributed by atoms with Crippen molar-refractivity contribution in [2.45, 2.75) is 73.0 Å².